The van der Waals surface area contributed by atoms with E-state index < -0.39 is 0 Å². The first-order chi connectivity index (χ1) is 12.5. The van der Waals surface area contributed by atoms with Crippen molar-refractivity contribution in [2.45, 2.75) is 33.8 Å². The molecule has 0 spiro atoms. The van der Waals surface area contributed by atoms with Crippen LogP contribution in [0.5, 0.6) is 5.75 Å². The fraction of sp³-hybridized carbons (Fsp3) is 0.333. The second kappa shape index (κ2) is 9.04. The third kappa shape index (κ3) is 4.85. The van der Waals surface area contributed by atoms with Crippen LogP contribution in [-0.2, 0) is 0 Å². The Hall–Kier alpha value is -2.82. The third-order valence-electron chi connectivity index (χ3n) is 3.92. The number of hydrogen-bond donors (Lipinski definition) is 1. The van der Waals surface area contributed by atoms with Gasteiger partial charge in [-0.05, 0) is 58.0 Å². The molecule has 2 amide bonds. The summed E-state index contributed by atoms with van der Waals surface area (Å²) in [5.41, 5.74) is 1.54. The molecule has 5 heteroatoms. The van der Waals surface area contributed by atoms with Crippen LogP contribution in [0, 0.1) is 0 Å². The summed E-state index contributed by atoms with van der Waals surface area (Å²) in [6.07, 6.45) is 0.00284. The van der Waals surface area contributed by atoms with Gasteiger partial charge in [-0.3, -0.25) is 9.59 Å². The second-order valence-corrected chi connectivity index (χ2v) is 6.18. The van der Waals surface area contributed by atoms with E-state index in [-0.39, 0.29) is 17.9 Å². The smallest absolute Gasteiger partial charge is 0.255 e. The minimum Gasteiger partial charge on any atom is -0.489 e. The summed E-state index contributed by atoms with van der Waals surface area (Å²) in [5, 5.41) is 2.87. The summed E-state index contributed by atoms with van der Waals surface area (Å²) < 4.78 is 5.73. The van der Waals surface area contributed by atoms with Gasteiger partial charge in [0.25, 0.3) is 11.8 Å². The molecule has 0 fully saturated rings. The first-order valence-electron chi connectivity index (χ1n) is 8.92. The Morgan fingerprint density at radius 1 is 1.00 bits per heavy atom. The van der Waals surface area contributed by atoms with E-state index in [4.69, 9.17) is 4.74 Å². The highest BCUT2D eigenvalue weighted by molar-refractivity contribution is 6.06. The van der Waals surface area contributed by atoms with E-state index >= 15 is 0 Å². The standard InChI is InChI=1S/C21H26N2O3/c1-5-23(6-2)21(25)17-11-9-10-16(14-17)20(24)22-18-12-7-8-13-19(18)26-15(3)4/h7-15H,5-6H2,1-4H3,(H,22,24). The number of amides is 2. The van der Waals surface area contributed by atoms with E-state index in [0.717, 1.165) is 0 Å². The van der Waals surface area contributed by atoms with Gasteiger partial charge in [-0.15, -0.1) is 0 Å². The molecule has 0 heterocycles. The molecule has 0 aliphatic heterocycles. The van der Waals surface area contributed by atoms with Gasteiger partial charge in [-0.1, -0.05) is 18.2 Å². The predicted octanol–water partition coefficient (Wildman–Crippen LogP) is 4.21. The van der Waals surface area contributed by atoms with Crippen molar-refractivity contribution in [1.29, 1.82) is 0 Å². The topological polar surface area (TPSA) is 58.6 Å². The van der Waals surface area contributed by atoms with Gasteiger partial charge in [0, 0.05) is 24.2 Å². The third-order valence-corrected chi connectivity index (χ3v) is 3.92. The number of benzene rings is 2. The lowest BCUT2D eigenvalue weighted by Crippen LogP contribution is -2.30. The Kier molecular flexibility index (Phi) is 6.78. The number of nitrogens with one attached hydrogen (secondary N) is 1. The van der Waals surface area contributed by atoms with Crippen molar-refractivity contribution in [3.8, 4) is 5.75 Å². The molecule has 0 bridgehead atoms. The molecule has 0 unspecified atom stereocenters. The Morgan fingerprint density at radius 2 is 1.65 bits per heavy atom. The van der Waals surface area contributed by atoms with Crippen LogP contribution in [0.3, 0.4) is 0 Å². The average Bonchev–Trinajstić information content (AvgIpc) is 2.64. The molecular weight excluding hydrogens is 328 g/mol. The fourth-order valence-corrected chi connectivity index (χ4v) is 2.61. The van der Waals surface area contributed by atoms with Crippen molar-refractivity contribution in [2.75, 3.05) is 18.4 Å². The van der Waals surface area contributed by atoms with E-state index in [0.29, 0.717) is 35.7 Å². The molecule has 0 radical (unpaired) electrons. The van der Waals surface area contributed by atoms with Gasteiger partial charge in [0.2, 0.25) is 0 Å². The number of ether oxygens (including phenoxy) is 1. The van der Waals surface area contributed by atoms with E-state index in [2.05, 4.69) is 5.32 Å². The normalized spacial score (nSPS) is 10.5. The molecule has 0 atom stereocenters. The van der Waals surface area contributed by atoms with E-state index in [1.807, 2.05) is 45.9 Å². The molecule has 0 saturated carbocycles. The Bertz CT molecular complexity index is 767. The van der Waals surface area contributed by atoms with Gasteiger partial charge in [0.15, 0.2) is 0 Å². The van der Waals surface area contributed by atoms with Crippen LogP contribution in [0.25, 0.3) is 0 Å². The Morgan fingerprint density at radius 3 is 2.31 bits per heavy atom. The number of nitrogens with zero attached hydrogens (tertiary/aromatic N) is 1. The lowest BCUT2D eigenvalue weighted by atomic mass is 10.1. The van der Waals surface area contributed by atoms with Gasteiger partial charge < -0.3 is 15.0 Å². The van der Waals surface area contributed by atoms with Crippen LogP contribution in [0.15, 0.2) is 48.5 Å². The second-order valence-electron chi connectivity index (χ2n) is 6.18. The molecule has 0 aliphatic carbocycles. The van der Waals surface area contributed by atoms with Crippen molar-refractivity contribution in [3.05, 3.63) is 59.7 Å². The van der Waals surface area contributed by atoms with Crippen LogP contribution in [-0.4, -0.2) is 35.9 Å². The molecular formula is C21H26N2O3. The highest BCUT2D eigenvalue weighted by Crippen LogP contribution is 2.25. The molecule has 2 aromatic carbocycles. The molecule has 2 rings (SSSR count). The highest BCUT2D eigenvalue weighted by Gasteiger charge is 2.16. The van der Waals surface area contributed by atoms with Gasteiger partial charge in [0.1, 0.15) is 5.75 Å². The number of anilines is 1. The van der Waals surface area contributed by atoms with Crippen LogP contribution >= 0.6 is 0 Å². The first kappa shape index (κ1) is 19.5. The minimum atomic E-state index is -0.279. The predicted molar refractivity (Wildman–Crippen MR) is 104 cm³/mol. The average molecular weight is 354 g/mol. The minimum absolute atomic E-state index is 0.00284. The summed E-state index contributed by atoms with van der Waals surface area (Å²) >= 11 is 0. The van der Waals surface area contributed by atoms with E-state index in [1.165, 1.54) is 0 Å². The van der Waals surface area contributed by atoms with Crippen LogP contribution < -0.4 is 10.1 Å². The van der Waals surface area contributed by atoms with Crippen molar-refractivity contribution < 1.29 is 14.3 Å². The van der Waals surface area contributed by atoms with Crippen LogP contribution in [0.4, 0.5) is 5.69 Å². The van der Waals surface area contributed by atoms with Crippen molar-refractivity contribution in [3.63, 3.8) is 0 Å². The maximum Gasteiger partial charge on any atom is 0.255 e. The highest BCUT2D eigenvalue weighted by atomic mass is 16.5. The summed E-state index contributed by atoms with van der Waals surface area (Å²) in [6, 6.07) is 14.1. The Labute approximate surface area is 155 Å². The van der Waals surface area contributed by atoms with Crippen LogP contribution in [0.2, 0.25) is 0 Å². The largest absolute Gasteiger partial charge is 0.489 e. The van der Waals surface area contributed by atoms with Crippen molar-refractivity contribution in [2.24, 2.45) is 0 Å². The lowest BCUT2D eigenvalue weighted by Gasteiger charge is -2.19. The molecule has 138 valence electrons. The number of carbonyl (C=O) groups excluding carboxylic acids is 2. The summed E-state index contributed by atoms with van der Waals surface area (Å²) in [7, 11) is 0. The van der Waals surface area contributed by atoms with Gasteiger partial charge in [0.05, 0.1) is 11.8 Å². The number of carbonyl (C=O) groups is 2. The quantitative estimate of drug-likeness (QED) is 0.810. The van der Waals surface area contributed by atoms with Gasteiger partial charge in [-0.2, -0.15) is 0 Å². The number of hydrogen-bond acceptors (Lipinski definition) is 3. The van der Waals surface area contributed by atoms with E-state index in [9.17, 15) is 9.59 Å². The maximum absolute atomic E-state index is 12.6. The molecule has 2 aromatic rings. The van der Waals surface area contributed by atoms with Crippen molar-refractivity contribution in [1.82, 2.24) is 4.90 Å². The lowest BCUT2D eigenvalue weighted by molar-refractivity contribution is 0.0773. The van der Waals surface area contributed by atoms with Gasteiger partial charge in [-0.25, -0.2) is 0 Å². The molecule has 0 aromatic heterocycles. The van der Waals surface area contributed by atoms with Crippen LogP contribution in [0.1, 0.15) is 48.4 Å². The molecule has 0 aliphatic rings. The van der Waals surface area contributed by atoms with Gasteiger partial charge >= 0.3 is 0 Å². The summed E-state index contributed by atoms with van der Waals surface area (Å²) in [6.45, 7) is 8.99. The molecule has 26 heavy (non-hydrogen) atoms. The monoisotopic (exact) mass is 354 g/mol. The molecule has 1 N–H and O–H groups in total. The SMILES string of the molecule is CCN(CC)C(=O)c1cccc(C(=O)Nc2ccccc2OC(C)C)c1. The fourth-order valence-electron chi connectivity index (χ4n) is 2.61. The zero-order valence-corrected chi connectivity index (χ0v) is 15.8. The maximum atomic E-state index is 12.6. The molecule has 5 nitrogen and oxygen atoms in total. The zero-order chi connectivity index (χ0) is 19.1. The number of para-hydroxylation sites is 2. The van der Waals surface area contributed by atoms with E-state index in [1.54, 1.807) is 35.2 Å². The molecule has 0 saturated heterocycles. The van der Waals surface area contributed by atoms with Crippen molar-refractivity contribution >= 4 is 17.5 Å². The number of rotatable bonds is 7. The Balaban J connectivity index is 2.21. The first-order valence-corrected chi connectivity index (χ1v) is 8.92. The summed E-state index contributed by atoms with van der Waals surface area (Å²) in [4.78, 5) is 26.9. The summed E-state index contributed by atoms with van der Waals surface area (Å²) in [5.74, 6) is 0.262. The zero-order valence-electron chi connectivity index (χ0n) is 15.8.